The van der Waals surface area contributed by atoms with Crippen molar-refractivity contribution in [2.75, 3.05) is 44.4 Å². The van der Waals surface area contributed by atoms with Gasteiger partial charge in [0.2, 0.25) is 5.91 Å². The third kappa shape index (κ3) is 4.70. The summed E-state index contributed by atoms with van der Waals surface area (Å²) in [5.41, 5.74) is 0. The highest BCUT2D eigenvalue weighted by Gasteiger charge is 2.34. The zero-order valence-corrected chi connectivity index (χ0v) is 17.6. The number of likely N-dealkylation sites (N-methyl/N-ethyl adjacent to an activating group) is 1. The van der Waals surface area contributed by atoms with E-state index in [9.17, 15) is 21.6 Å². The number of morpholine rings is 1. The van der Waals surface area contributed by atoms with Crippen molar-refractivity contribution < 1.29 is 26.4 Å². The Hall–Kier alpha value is -1.01. The number of sulfone groups is 1. The van der Waals surface area contributed by atoms with Crippen LogP contribution in [0.25, 0.3) is 0 Å². The van der Waals surface area contributed by atoms with Crippen LogP contribution in [0.1, 0.15) is 18.2 Å². The summed E-state index contributed by atoms with van der Waals surface area (Å²) in [6, 6.07) is 2.91. The molecule has 2 aliphatic rings. The Bertz CT molecular complexity index is 887. The van der Waals surface area contributed by atoms with E-state index in [-0.39, 0.29) is 34.1 Å². The Morgan fingerprint density at radius 3 is 2.63 bits per heavy atom. The van der Waals surface area contributed by atoms with E-state index >= 15 is 0 Å². The number of hydrogen-bond donors (Lipinski definition) is 0. The molecule has 1 aromatic rings. The fraction of sp³-hybridized carbons (Fsp3) is 0.688. The molecule has 0 aromatic carbocycles. The lowest BCUT2D eigenvalue weighted by atomic mass is 10.2. The molecule has 2 saturated heterocycles. The van der Waals surface area contributed by atoms with Crippen molar-refractivity contribution in [2.24, 2.45) is 0 Å². The van der Waals surface area contributed by atoms with Crippen LogP contribution < -0.4 is 0 Å². The van der Waals surface area contributed by atoms with Gasteiger partial charge in [0.05, 0.1) is 31.1 Å². The molecule has 0 spiro atoms. The van der Waals surface area contributed by atoms with Gasteiger partial charge in [-0.15, -0.1) is 11.3 Å². The number of amides is 1. The third-order valence-corrected chi connectivity index (χ3v) is 10.0. The number of nitrogens with zero attached hydrogens (tertiary/aromatic N) is 2. The molecule has 8 nitrogen and oxygen atoms in total. The van der Waals surface area contributed by atoms with Crippen LogP contribution >= 0.6 is 11.3 Å². The predicted molar refractivity (Wildman–Crippen MR) is 102 cm³/mol. The zero-order valence-electron chi connectivity index (χ0n) is 15.2. The first-order valence-electron chi connectivity index (χ1n) is 8.89. The molecule has 2 aliphatic heterocycles. The second-order valence-electron chi connectivity index (χ2n) is 6.65. The van der Waals surface area contributed by atoms with Crippen molar-refractivity contribution in [2.45, 2.75) is 30.0 Å². The quantitative estimate of drug-likeness (QED) is 0.638. The van der Waals surface area contributed by atoms with Gasteiger partial charge in [-0.1, -0.05) is 0 Å². The second kappa shape index (κ2) is 8.16. The molecule has 1 atom stereocenters. The first-order chi connectivity index (χ1) is 12.7. The maximum Gasteiger partial charge on any atom is 0.252 e. The van der Waals surface area contributed by atoms with Crippen LogP contribution in [0.4, 0.5) is 0 Å². The third-order valence-electron chi connectivity index (χ3n) is 4.84. The largest absolute Gasteiger partial charge is 0.379 e. The second-order valence-corrected chi connectivity index (χ2v) is 12.2. The van der Waals surface area contributed by atoms with Crippen molar-refractivity contribution in [1.29, 1.82) is 0 Å². The summed E-state index contributed by atoms with van der Waals surface area (Å²) in [5, 5.41) is 0. The lowest BCUT2D eigenvalue weighted by Crippen LogP contribution is -2.41. The Morgan fingerprint density at radius 1 is 1.33 bits per heavy atom. The standard InChI is InChI=1S/C16H24N2O6S3/c1-2-18(13-5-10-26(20,21)12-13)15(19)11-14-3-4-16(25-14)27(22,23)17-6-8-24-9-7-17/h3-4,13H,2,5-12H2,1H3/t13-/m1/s1. The highest BCUT2D eigenvalue weighted by atomic mass is 32.2. The number of thiophene rings is 1. The van der Waals surface area contributed by atoms with Crippen LogP contribution in [0.5, 0.6) is 0 Å². The van der Waals surface area contributed by atoms with E-state index < -0.39 is 19.9 Å². The van der Waals surface area contributed by atoms with Crippen molar-refractivity contribution in [3.05, 3.63) is 17.0 Å². The van der Waals surface area contributed by atoms with Crippen molar-refractivity contribution in [1.82, 2.24) is 9.21 Å². The molecule has 2 fully saturated rings. The maximum atomic E-state index is 12.7. The summed E-state index contributed by atoms with van der Waals surface area (Å²) in [6.45, 7) is 3.68. The predicted octanol–water partition coefficient (Wildman–Crippen LogP) is 0.347. The molecule has 11 heteroatoms. The van der Waals surface area contributed by atoms with E-state index in [1.165, 1.54) is 10.4 Å². The lowest BCUT2D eigenvalue weighted by molar-refractivity contribution is -0.132. The molecule has 0 saturated carbocycles. The normalized spacial score (nSPS) is 23.4. The molecule has 3 heterocycles. The minimum Gasteiger partial charge on any atom is -0.379 e. The molecule has 0 N–H and O–H groups in total. The van der Waals surface area contributed by atoms with E-state index in [4.69, 9.17) is 4.74 Å². The topological polar surface area (TPSA) is 101 Å². The average Bonchev–Trinajstić information content (AvgIpc) is 3.23. The zero-order chi connectivity index (χ0) is 19.7. The van der Waals surface area contributed by atoms with Crippen LogP contribution in [0.15, 0.2) is 16.3 Å². The number of rotatable bonds is 6. The molecular formula is C16H24N2O6S3. The van der Waals surface area contributed by atoms with Gasteiger partial charge in [0, 0.05) is 30.6 Å². The van der Waals surface area contributed by atoms with Gasteiger partial charge in [-0.2, -0.15) is 4.31 Å². The first-order valence-corrected chi connectivity index (χ1v) is 13.0. The van der Waals surface area contributed by atoms with Gasteiger partial charge in [-0.05, 0) is 25.5 Å². The van der Waals surface area contributed by atoms with Crippen LogP contribution in [0.3, 0.4) is 0 Å². The van der Waals surface area contributed by atoms with Crippen LogP contribution in [-0.4, -0.2) is 82.3 Å². The summed E-state index contributed by atoms with van der Waals surface area (Å²) in [6.07, 6.45) is 0.538. The molecule has 3 rings (SSSR count). The Labute approximate surface area is 164 Å². The van der Waals surface area contributed by atoms with Gasteiger partial charge in [-0.3, -0.25) is 4.79 Å². The number of ether oxygens (including phenoxy) is 1. The van der Waals surface area contributed by atoms with Gasteiger partial charge in [0.25, 0.3) is 10.0 Å². The van der Waals surface area contributed by atoms with Crippen LogP contribution in [-0.2, 0) is 35.8 Å². The minimum absolute atomic E-state index is 0.00762. The lowest BCUT2D eigenvalue weighted by Gasteiger charge is -2.26. The Morgan fingerprint density at radius 2 is 2.04 bits per heavy atom. The number of hydrogen-bond acceptors (Lipinski definition) is 7. The minimum atomic E-state index is -3.57. The fourth-order valence-corrected chi connectivity index (χ4v) is 8.06. The molecule has 152 valence electrons. The Kier molecular flexibility index (Phi) is 6.26. The first kappa shape index (κ1) is 20.7. The van der Waals surface area contributed by atoms with Crippen molar-refractivity contribution >= 4 is 37.1 Å². The number of sulfonamides is 1. The van der Waals surface area contributed by atoms with E-state index in [2.05, 4.69) is 0 Å². The monoisotopic (exact) mass is 436 g/mol. The summed E-state index contributed by atoms with van der Waals surface area (Å²) in [4.78, 5) is 14.9. The maximum absolute atomic E-state index is 12.7. The molecule has 0 radical (unpaired) electrons. The highest BCUT2D eigenvalue weighted by Crippen LogP contribution is 2.27. The molecular weight excluding hydrogens is 412 g/mol. The molecule has 1 aromatic heterocycles. The molecule has 27 heavy (non-hydrogen) atoms. The van der Waals surface area contributed by atoms with Crippen LogP contribution in [0.2, 0.25) is 0 Å². The SMILES string of the molecule is CCN(C(=O)Cc1ccc(S(=O)(=O)N2CCOCC2)s1)[C@@H]1CCS(=O)(=O)C1. The van der Waals surface area contributed by atoms with E-state index in [0.29, 0.717) is 44.1 Å². The summed E-state index contributed by atoms with van der Waals surface area (Å²) < 4.78 is 55.5. The van der Waals surface area contributed by atoms with Crippen molar-refractivity contribution in [3.8, 4) is 0 Å². The van der Waals surface area contributed by atoms with Gasteiger partial charge in [0.1, 0.15) is 4.21 Å². The van der Waals surface area contributed by atoms with Gasteiger partial charge in [-0.25, -0.2) is 16.8 Å². The fourth-order valence-electron chi connectivity index (χ4n) is 3.42. The van der Waals surface area contributed by atoms with Gasteiger partial charge in [0.15, 0.2) is 9.84 Å². The van der Waals surface area contributed by atoms with Crippen molar-refractivity contribution in [3.63, 3.8) is 0 Å². The molecule has 0 bridgehead atoms. The van der Waals surface area contributed by atoms with Gasteiger partial charge >= 0.3 is 0 Å². The Balaban J connectivity index is 1.68. The molecule has 0 aliphatic carbocycles. The average molecular weight is 437 g/mol. The highest BCUT2D eigenvalue weighted by molar-refractivity contribution is 7.91. The van der Waals surface area contributed by atoms with E-state index in [0.717, 1.165) is 11.3 Å². The summed E-state index contributed by atoms with van der Waals surface area (Å²) >= 11 is 1.10. The van der Waals surface area contributed by atoms with Gasteiger partial charge < -0.3 is 9.64 Å². The number of carbonyl (C=O) groups excluding carboxylic acids is 1. The molecule has 1 amide bonds. The smallest absolute Gasteiger partial charge is 0.252 e. The number of carbonyl (C=O) groups is 1. The summed E-state index contributed by atoms with van der Waals surface area (Å²) in [7, 11) is -6.64. The van der Waals surface area contributed by atoms with E-state index in [1.807, 2.05) is 6.92 Å². The molecule has 0 unspecified atom stereocenters. The van der Waals surface area contributed by atoms with Crippen LogP contribution in [0, 0.1) is 0 Å². The summed E-state index contributed by atoms with van der Waals surface area (Å²) in [5.74, 6) is -0.0486. The van der Waals surface area contributed by atoms with E-state index in [1.54, 1.807) is 11.0 Å².